The van der Waals surface area contributed by atoms with Crippen molar-refractivity contribution in [2.75, 3.05) is 13.6 Å². The molecule has 4 atom stereocenters. The predicted molar refractivity (Wildman–Crippen MR) is 168 cm³/mol. The highest BCUT2D eigenvalue weighted by Gasteiger charge is 2.72. The first-order valence-corrected chi connectivity index (χ1v) is 16.5. The number of carbonyl (C=O) groups excluding carboxylic acids is 2. The lowest BCUT2D eigenvalue weighted by atomic mass is 9.62. The van der Waals surface area contributed by atoms with E-state index in [1.165, 1.54) is 6.07 Å². The Hall–Kier alpha value is -4.90. The molecule has 250 valence electrons. The summed E-state index contributed by atoms with van der Waals surface area (Å²) in [6, 6.07) is 19.7. The average Bonchev–Trinajstić information content (AvgIpc) is 3.71. The molecule has 0 amide bonds. The Kier molecular flexibility index (Phi) is 6.65. The minimum atomic E-state index is -4.70. The number of hydrogen-bond donors (Lipinski definition) is 0. The first-order valence-electron chi connectivity index (χ1n) is 16.5. The molecule has 9 rings (SSSR count). The summed E-state index contributed by atoms with van der Waals surface area (Å²) in [7, 11) is 1.80. The van der Waals surface area contributed by atoms with Gasteiger partial charge < -0.3 is 18.7 Å². The lowest BCUT2D eigenvalue weighted by molar-refractivity contribution is -0.140. The molecule has 3 aliphatic carbocycles. The van der Waals surface area contributed by atoms with Gasteiger partial charge in [-0.15, -0.1) is 0 Å². The summed E-state index contributed by atoms with van der Waals surface area (Å²) in [5.41, 5.74) is -0.0233. The van der Waals surface area contributed by atoms with Crippen molar-refractivity contribution < 1.29 is 41.5 Å². The van der Waals surface area contributed by atoms with E-state index in [2.05, 4.69) is 5.16 Å². The topological polar surface area (TPSA) is 94.4 Å². The van der Waals surface area contributed by atoms with Crippen LogP contribution in [-0.4, -0.2) is 40.8 Å². The van der Waals surface area contributed by atoms with Crippen LogP contribution in [0.4, 0.5) is 13.2 Å². The summed E-state index contributed by atoms with van der Waals surface area (Å²) < 4.78 is 69.1. The second-order valence-electron chi connectivity index (χ2n) is 13.6. The fraction of sp³-hybridized carbons (Fsp3) is 0.342. The number of hydrogen-bond acceptors (Lipinski definition) is 8. The molecular weight excluding hydrogens is 637 g/mol. The van der Waals surface area contributed by atoms with Crippen molar-refractivity contribution in [3.8, 4) is 11.6 Å². The van der Waals surface area contributed by atoms with E-state index in [1.807, 2.05) is 65.6 Å². The SMILES string of the molecule is CN1CCC1c1cc(OCc2ccccc2)c2c(c1C(F)(F)F)CC1C[C@H]3Cc4onc(OCc5ccccc5)c4C(=O)[C@]34OC4=C1C2=O. The molecule has 4 aromatic rings. The number of Topliss-reactive ketones (excluding diaryl/α,β-unsaturated/α-hetero) is 2. The molecule has 2 aliphatic heterocycles. The number of aromatic nitrogens is 1. The van der Waals surface area contributed by atoms with Crippen LogP contribution in [0.3, 0.4) is 0 Å². The first-order chi connectivity index (χ1) is 23.6. The number of halogens is 3. The van der Waals surface area contributed by atoms with Crippen LogP contribution in [0, 0.1) is 11.8 Å². The molecular formula is C38H31F3N2O6. The second kappa shape index (κ2) is 10.8. The summed E-state index contributed by atoms with van der Waals surface area (Å²) in [6.07, 6.45) is -3.60. The van der Waals surface area contributed by atoms with Crippen LogP contribution in [0.25, 0.3) is 0 Å². The van der Waals surface area contributed by atoms with Gasteiger partial charge in [-0.3, -0.25) is 14.5 Å². The predicted octanol–water partition coefficient (Wildman–Crippen LogP) is 7.07. The zero-order valence-corrected chi connectivity index (χ0v) is 26.5. The van der Waals surface area contributed by atoms with Gasteiger partial charge >= 0.3 is 6.18 Å². The van der Waals surface area contributed by atoms with E-state index >= 15 is 13.2 Å². The highest BCUT2D eigenvalue weighted by atomic mass is 19.4. The molecule has 2 unspecified atom stereocenters. The van der Waals surface area contributed by atoms with Gasteiger partial charge in [-0.05, 0) is 65.7 Å². The summed E-state index contributed by atoms with van der Waals surface area (Å²) in [5, 5.41) is 4.05. The maximum atomic E-state index is 15.1. The monoisotopic (exact) mass is 668 g/mol. The van der Waals surface area contributed by atoms with Crippen molar-refractivity contribution in [2.45, 2.75) is 56.7 Å². The van der Waals surface area contributed by atoms with Crippen molar-refractivity contribution in [3.63, 3.8) is 0 Å². The molecule has 5 aliphatic rings. The number of ketones is 2. The van der Waals surface area contributed by atoms with E-state index in [-0.39, 0.29) is 77.7 Å². The second-order valence-corrected chi connectivity index (χ2v) is 13.6. The number of nitrogens with zero attached hydrogens (tertiary/aromatic N) is 2. The van der Waals surface area contributed by atoms with Crippen molar-refractivity contribution in [1.29, 1.82) is 0 Å². The minimum absolute atomic E-state index is 0.0282. The van der Waals surface area contributed by atoms with Crippen LogP contribution in [0.15, 0.2) is 82.6 Å². The molecule has 0 bridgehead atoms. The molecule has 2 saturated heterocycles. The minimum Gasteiger partial charge on any atom is -0.488 e. The number of rotatable bonds is 7. The number of fused-ring (bicyclic) bond motifs is 3. The van der Waals surface area contributed by atoms with Crippen molar-refractivity contribution in [2.24, 2.45) is 11.8 Å². The fourth-order valence-electron chi connectivity index (χ4n) is 8.34. The van der Waals surface area contributed by atoms with E-state index in [9.17, 15) is 9.59 Å². The van der Waals surface area contributed by atoms with Gasteiger partial charge in [-0.25, -0.2) is 0 Å². The molecule has 2 fully saturated rings. The normalized spacial score (nSPS) is 25.3. The molecule has 0 saturated carbocycles. The quantitative estimate of drug-likeness (QED) is 0.193. The van der Waals surface area contributed by atoms with Crippen molar-refractivity contribution >= 4 is 11.6 Å². The van der Waals surface area contributed by atoms with Gasteiger partial charge in [-0.2, -0.15) is 13.2 Å². The molecule has 8 nitrogen and oxygen atoms in total. The van der Waals surface area contributed by atoms with E-state index in [4.69, 9.17) is 18.7 Å². The van der Waals surface area contributed by atoms with Gasteiger partial charge in [0.05, 0.1) is 11.1 Å². The van der Waals surface area contributed by atoms with E-state index in [0.717, 1.165) is 11.1 Å². The van der Waals surface area contributed by atoms with Crippen LogP contribution in [0.2, 0.25) is 0 Å². The molecule has 1 spiro atoms. The Balaban J connectivity index is 1.12. The van der Waals surface area contributed by atoms with Crippen LogP contribution >= 0.6 is 0 Å². The lowest BCUT2D eigenvalue weighted by Gasteiger charge is -2.41. The van der Waals surface area contributed by atoms with Gasteiger partial charge in [-0.1, -0.05) is 60.7 Å². The maximum absolute atomic E-state index is 15.1. The Morgan fingerprint density at radius 1 is 0.959 bits per heavy atom. The zero-order chi connectivity index (χ0) is 33.7. The Bertz CT molecular complexity index is 2060. The van der Waals surface area contributed by atoms with Gasteiger partial charge in [0.25, 0.3) is 5.88 Å². The Morgan fingerprint density at radius 3 is 2.29 bits per heavy atom. The average molecular weight is 669 g/mol. The number of ether oxygens (including phenoxy) is 3. The highest BCUT2D eigenvalue weighted by molar-refractivity contribution is 6.17. The van der Waals surface area contributed by atoms with Gasteiger partial charge in [0.2, 0.25) is 11.4 Å². The largest absolute Gasteiger partial charge is 0.488 e. The number of likely N-dealkylation sites (tertiary alicyclic amines) is 1. The molecule has 3 heterocycles. The van der Waals surface area contributed by atoms with Crippen LogP contribution in [0.1, 0.15) is 73.2 Å². The van der Waals surface area contributed by atoms with Gasteiger partial charge in [0, 0.05) is 30.5 Å². The van der Waals surface area contributed by atoms with Crippen molar-refractivity contribution in [1.82, 2.24) is 10.1 Å². The highest BCUT2D eigenvalue weighted by Crippen LogP contribution is 2.63. The zero-order valence-electron chi connectivity index (χ0n) is 26.5. The van der Waals surface area contributed by atoms with Gasteiger partial charge in [0.15, 0.2) is 17.3 Å². The Morgan fingerprint density at radius 2 is 1.65 bits per heavy atom. The van der Waals surface area contributed by atoms with Gasteiger partial charge in [0.1, 0.15) is 24.5 Å². The molecule has 11 heteroatoms. The maximum Gasteiger partial charge on any atom is 0.417 e. The molecule has 3 aromatic carbocycles. The fourth-order valence-corrected chi connectivity index (χ4v) is 8.34. The first kappa shape index (κ1) is 30.2. The van der Waals surface area contributed by atoms with Crippen LogP contribution < -0.4 is 9.47 Å². The van der Waals surface area contributed by atoms with E-state index < -0.39 is 46.8 Å². The van der Waals surface area contributed by atoms with Crippen LogP contribution in [-0.2, 0) is 37.0 Å². The third-order valence-electron chi connectivity index (χ3n) is 10.8. The molecule has 0 radical (unpaired) electrons. The third-order valence-corrected chi connectivity index (χ3v) is 10.8. The smallest absolute Gasteiger partial charge is 0.417 e. The number of epoxide rings is 1. The molecule has 0 N–H and O–H groups in total. The Labute approximate surface area is 279 Å². The third kappa shape index (κ3) is 4.58. The summed E-state index contributed by atoms with van der Waals surface area (Å²) >= 11 is 0. The lowest BCUT2D eigenvalue weighted by Crippen LogP contribution is -2.45. The van der Waals surface area contributed by atoms with E-state index in [0.29, 0.717) is 18.7 Å². The summed E-state index contributed by atoms with van der Waals surface area (Å²) in [6.45, 7) is 0.917. The molecule has 1 aromatic heterocycles. The number of benzene rings is 3. The molecule has 49 heavy (non-hydrogen) atoms. The van der Waals surface area contributed by atoms with Crippen molar-refractivity contribution in [3.05, 3.63) is 123 Å². The number of allylic oxidation sites excluding steroid dienone is 1. The number of carbonyl (C=O) groups is 2. The summed E-state index contributed by atoms with van der Waals surface area (Å²) in [5.74, 6) is -1.22. The standard InChI is InChI=1S/C38H31F3N2O6/c1-43-13-12-26(43)24-17-27(46-18-20-8-4-2-5-9-20)30-25(32(24)38(39,40)41)15-22-14-23-16-28-31(34(45)37(23)35(48-37)29(22)33(30)44)36(42-49-28)47-19-21-10-6-3-7-11-21/h2-11,17,22-23,26H,12-16,18-19H2,1H3/t22?,23-,26?,37+/m0/s1. The number of alkyl halides is 3. The summed E-state index contributed by atoms with van der Waals surface area (Å²) in [4.78, 5) is 30.7. The van der Waals surface area contributed by atoms with E-state index in [1.54, 1.807) is 7.05 Å². The van der Waals surface area contributed by atoms with Crippen LogP contribution in [0.5, 0.6) is 11.6 Å².